The van der Waals surface area contributed by atoms with Crippen LogP contribution in [0.3, 0.4) is 0 Å². The summed E-state index contributed by atoms with van der Waals surface area (Å²) in [5.41, 5.74) is 10.3. The zero-order valence-electron chi connectivity index (χ0n) is 11.4. The Morgan fingerprint density at radius 3 is 2.44 bits per heavy atom. The van der Waals surface area contributed by atoms with Crippen LogP contribution < -0.4 is 5.73 Å². The van der Waals surface area contributed by atoms with E-state index in [1.807, 2.05) is 6.07 Å². The van der Waals surface area contributed by atoms with Crippen molar-refractivity contribution in [1.82, 2.24) is 9.97 Å². The normalized spacial score (nSPS) is 10.9. The highest BCUT2D eigenvalue weighted by Crippen LogP contribution is 2.24. The predicted octanol–water partition coefficient (Wildman–Crippen LogP) is 3.47. The van der Waals surface area contributed by atoms with Gasteiger partial charge in [0.05, 0.1) is 0 Å². The summed E-state index contributed by atoms with van der Waals surface area (Å²) in [6, 6.07) is 8.13. The van der Waals surface area contributed by atoms with Gasteiger partial charge in [0.15, 0.2) is 5.82 Å². The molecule has 1 aromatic heterocycles. The number of benzene rings is 1. The molecule has 0 fully saturated rings. The van der Waals surface area contributed by atoms with Gasteiger partial charge >= 0.3 is 0 Å². The van der Waals surface area contributed by atoms with Gasteiger partial charge in [-0.15, -0.1) is 0 Å². The molecular weight excluding hydrogens is 222 g/mol. The highest BCUT2D eigenvalue weighted by molar-refractivity contribution is 5.62. The zero-order valence-corrected chi connectivity index (χ0v) is 11.4. The van der Waals surface area contributed by atoms with E-state index in [0.717, 1.165) is 17.1 Å². The molecule has 1 aromatic carbocycles. The molecule has 2 N–H and O–H groups in total. The van der Waals surface area contributed by atoms with Gasteiger partial charge in [-0.2, -0.15) is 0 Å². The molecule has 0 saturated heterocycles. The Morgan fingerprint density at radius 1 is 1.06 bits per heavy atom. The highest BCUT2D eigenvalue weighted by Gasteiger charge is 2.10. The van der Waals surface area contributed by atoms with Crippen LogP contribution in [0.25, 0.3) is 11.4 Å². The summed E-state index contributed by atoms with van der Waals surface area (Å²) < 4.78 is 0. The third-order valence-corrected chi connectivity index (χ3v) is 2.99. The molecule has 0 aliphatic carbocycles. The van der Waals surface area contributed by atoms with Crippen molar-refractivity contribution in [2.45, 2.75) is 33.6 Å². The van der Waals surface area contributed by atoms with E-state index in [9.17, 15) is 0 Å². The molecule has 0 aliphatic heterocycles. The molecule has 0 bridgehead atoms. The molecule has 18 heavy (non-hydrogen) atoms. The molecule has 1 heterocycles. The average molecular weight is 241 g/mol. The molecule has 2 aromatic rings. The fourth-order valence-electron chi connectivity index (χ4n) is 1.88. The number of anilines is 1. The summed E-state index contributed by atoms with van der Waals surface area (Å²) >= 11 is 0. The molecule has 3 heteroatoms. The highest BCUT2D eigenvalue weighted by atomic mass is 14.9. The Kier molecular flexibility index (Phi) is 3.32. The first-order valence-corrected chi connectivity index (χ1v) is 6.19. The van der Waals surface area contributed by atoms with Gasteiger partial charge in [-0.1, -0.05) is 31.5 Å². The van der Waals surface area contributed by atoms with Crippen LogP contribution in [0.2, 0.25) is 0 Å². The van der Waals surface area contributed by atoms with Gasteiger partial charge in [0.2, 0.25) is 0 Å². The van der Waals surface area contributed by atoms with Crippen molar-refractivity contribution < 1.29 is 0 Å². The Labute approximate surface area is 108 Å². The summed E-state index contributed by atoms with van der Waals surface area (Å²) in [7, 11) is 0. The smallest absolute Gasteiger partial charge is 0.162 e. The van der Waals surface area contributed by atoms with E-state index >= 15 is 0 Å². The molecule has 0 aliphatic rings. The van der Waals surface area contributed by atoms with Gasteiger partial charge in [-0.05, 0) is 31.4 Å². The summed E-state index contributed by atoms with van der Waals surface area (Å²) in [4.78, 5) is 8.97. The Bertz CT molecular complexity index is 574. The van der Waals surface area contributed by atoms with Crippen molar-refractivity contribution >= 4 is 5.82 Å². The van der Waals surface area contributed by atoms with Gasteiger partial charge in [-0.3, -0.25) is 0 Å². The second-order valence-corrected chi connectivity index (χ2v) is 5.01. The molecule has 2 rings (SSSR count). The van der Waals surface area contributed by atoms with E-state index in [0.29, 0.717) is 11.7 Å². The van der Waals surface area contributed by atoms with E-state index in [-0.39, 0.29) is 0 Å². The van der Waals surface area contributed by atoms with Crippen molar-refractivity contribution in [2.24, 2.45) is 0 Å². The molecule has 0 saturated carbocycles. The van der Waals surface area contributed by atoms with Crippen molar-refractivity contribution in [3.05, 3.63) is 41.1 Å². The van der Waals surface area contributed by atoms with Crippen molar-refractivity contribution in [3.8, 4) is 11.4 Å². The SMILES string of the molecule is Cc1ccc(C)c(-c2nc(N)cc(C(C)C)n2)c1. The molecule has 0 atom stereocenters. The number of aryl methyl sites for hydroxylation is 2. The van der Waals surface area contributed by atoms with E-state index < -0.39 is 0 Å². The second-order valence-electron chi connectivity index (χ2n) is 5.01. The quantitative estimate of drug-likeness (QED) is 0.876. The van der Waals surface area contributed by atoms with Crippen molar-refractivity contribution in [1.29, 1.82) is 0 Å². The number of nitrogen functional groups attached to an aromatic ring is 1. The number of rotatable bonds is 2. The number of hydrogen-bond donors (Lipinski definition) is 1. The maximum Gasteiger partial charge on any atom is 0.162 e. The molecule has 0 radical (unpaired) electrons. The summed E-state index contributed by atoms with van der Waals surface area (Å²) in [6.45, 7) is 8.35. The Hall–Kier alpha value is -1.90. The largest absolute Gasteiger partial charge is 0.384 e. The number of nitrogens with zero attached hydrogens (tertiary/aromatic N) is 2. The van der Waals surface area contributed by atoms with E-state index in [4.69, 9.17) is 5.73 Å². The molecule has 0 amide bonds. The minimum Gasteiger partial charge on any atom is -0.384 e. The zero-order chi connectivity index (χ0) is 13.3. The molecule has 0 unspecified atom stereocenters. The summed E-state index contributed by atoms with van der Waals surface area (Å²) in [5, 5.41) is 0. The van der Waals surface area contributed by atoms with E-state index in [1.54, 1.807) is 0 Å². The summed E-state index contributed by atoms with van der Waals surface area (Å²) in [5.74, 6) is 1.60. The third-order valence-electron chi connectivity index (χ3n) is 2.99. The lowest BCUT2D eigenvalue weighted by Crippen LogP contribution is -2.02. The lowest BCUT2D eigenvalue weighted by Gasteiger charge is -2.10. The first-order chi connectivity index (χ1) is 8.47. The topological polar surface area (TPSA) is 51.8 Å². The van der Waals surface area contributed by atoms with E-state index in [2.05, 4.69) is 55.9 Å². The average Bonchev–Trinajstić information content (AvgIpc) is 2.31. The molecule has 0 spiro atoms. The fraction of sp³-hybridized carbons (Fsp3) is 0.333. The third kappa shape index (κ3) is 2.50. The van der Waals surface area contributed by atoms with Crippen LogP contribution in [0.15, 0.2) is 24.3 Å². The van der Waals surface area contributed by atoms with E-state index in [1.165, 1.54) is 11.1 Å². The van der Waals surface area contributed by atoms with Crippen LogP contribution in [0.4, 0.5) is 5.82 Å². The minimum atomic E-state index is 0.346. The monoisotopic (exact) mass is 241 g/mol. The fourth-order valence-corrected chi connectivity index (χ4v) is 1.88. The second kappa shape index (κ2) is 4.77. The standard InChI is InChI=1S/C15H19N3/c1-9(2)13-8-14(16)18-15(17-13)12-7-10(3)5-6-11(12)4/h5-9H,1-4H3,(H2,16,17,18). The minimum absolute atomic E-state index is 0.346. The molecule has 3 nitrogen and oxygen atoms in total. The van der Waals surface area contributed by atoms with Gasteiger partial charge in [0, 0.05) is 17.3 Å². The number of aromatic nitrogens is 2. The van der Waals surface area contributed by atoms with Gasteiger partial charge in [0.25, 0.3) is 0 Å². The number of hydrogen-bond acceptors (Lipinski definition) is 3. The van der Waals surface area contributed by atoms with Crippen LogP contribution >= 0.6 is 0 Å². The van der Waals surface area contributed by atoms with Crippen molar-refractivity contribution in [3.63, 3.8) is 0 Å². The maximum absolute atomic E-state index is 5.87. The Balaban J connectivity index is 2.60. The van der Waals surface area contributed by atoms with Gasteiger partial charge in [0.1, 0.15) is 5.82 Å². The van der Waals surface area contributed by atoms with Crippen molar-refractivity contribution in [2.75, 3.05) is 5.73 Å². The lowest BCUT2D eigenvalue weighted by molar-refractivity contribution is 0.818. The van der Waals surface area contributed by atoms with Crippen LogP contribution in [0.1, 0.15) is 36.6 Å². The lowest BCUT2D eigenvalue weighted by atomic mass is 10.0. The first kappa shape index (κ1) is 12.6. The van der Waals surface area contributed by atoms with Gasteiger partial charge in [-0.25, -0.2) is 9.97 Å². The summed E-state index contributed by atoms with van der Waals surface area (Å²) in [6.07, 6.45) is 0. The Morgan fingerprint density at radius 2 is 1.78 bits per heavy atom. The number of nitrogens with two attached hydrogens (primary N) is 1. The predicted molar refractivity (Wildman–Crippen MR) is 75.4 cm³/mol. The first-order valence-electron chi connectivity index (χ1n) is 6.19. The van der Waals surface area contributed by atoms with Crippen LogP contribution in [-0.4, -0.2) is 9.97 Å². The maximum atomic E-state index is 5.87. The van der Waals surface area contributed by atoms with Crippen LogP contribution in [0.5, 0.6) is 0 Å². The molecule has 94 valence electrons. The van der Waals surface area contributed by atoms with Crippen LogP contribution in [0, 0.1) is 13.8 Å². The van der Waals surface area contributed by atoms with Crippen LogP contribution in [-0.2, 0) is 0 Å². The molecular formula is C15H19N3. The van der Waals surface area contributed by atoms with Gasteiger partial charge < -0.3 is 5.73 Å².